The van der Waals surface area contributed by atoms with Crippen LogP contribution in [0.2, 0.25) is 5.02 Å². The first kappa shape index (κ1) is 14.9. The van der Waals surface area contributed by atoms with Crippen LogP contribution in [0.25, 0.3) is 0 Å². The fourth-order valence-corrected chi connectivity index (χ4v) is 2.00. The molecular formula is C18H12ClN3O. The van der Waals surface area contributed by atoms with E-state index >= 15 is 0 Å². The van der Waals surface area contributed by atoms with Gasteiger partial charge in [-0.25, -0.2) is 9.97 Å². The highest BCUT2D eigenvalue weighted by molar-refractivity contribution is 6.30. The van der Waals surface area contributed by atoms with Crippen LogP contribution in [0.3, 0.4) is 0 Å². The second-order valence-electron chi connectivity index (χ2n) is 4.71. The Bertz CT molecular complexity index is 865. The maximum Gasteiger partial charge on any atom is 0.149 e. The quantitative estimate of drug-likeness (QED) is 0.553. The molecule has 1 heterocycles. The van der Waals surface area contributed by atoms with Gasteiger partial charge in [-0.2, -0.15) is 0 Å². The molecule has 0 unspecified atom stereocenters. The molecule has 112 valence electrons. The van der Waals surface area contributed by atoms with Crippen molar-refractivity contribution in [3.05, 3.63) is 77.2 Å². The number of hydrogen-bond acceptors (Lipinski definition) is 4. The third-order valence-corrected chi connectivity index (χ3v) is 3.28. The fourth-order valence-electron chi connectivity index (χ4n) is 1.87. The van der Waals surface area contributed by atoms with Gasteiger partial charge in [0.25, 0.3) is 0 Å². The van der Waals surface area contributed by atoms with Crippen molar-refractivity contribution in [2.24, 2.45) is 0 Å². The van der Waals surface area contributed by atoms with Crippen LogP contribution in [0.4, 0.5) is 11.5 Å². The van der Waals surface area contributed by atoms with Crippen molar-refractivity contribution in [2.75, 3.05) is 5.32 Å². The first-order valence-electron chi connectivity index (χ1n) is 6.84. The van der Waals surface area contributed by atoms with Gasteiger partial charge in [-0.15, -0.1) is 0 Å². The lowest BCUT2D eigenvalue weighted by molar-refractivity contribution is 0.475. The smallest absolute Gasteiger partial charge is 0.149 e. The summed E-state index contributed by atoms with van der Waals surface area (Å²) in [5.41, 5.74) is 2.33. The topological polar surface area (TPSA) is 58.0 Å². The van der Waals surface area contributed by atoms with Crippen LogP contribution in [0.1, 0.15) is 11.1 Å². The van der Waals surface area contributed by atoms with Crippen molar-refractivity contribution in [1.82, 2.24) is 9.97 Å². The maximum absolute atomic E-state index is 9.32. The molecule has 23 heavy (non-hydrogen) atoms. The highest BCUT2D eigenvalue weighted by atomic mass is 35.5. The lowest BCUT2D eigenvalue weighted by Crippen LogP contribution is -1.97. The Morgan fingerprint density at radius 3 is 2.43 bits per heavy atom. The molecule has 0 bridgehead atoms. The number of aromatic nitrogens is 2. The lowest BCUT2D eigenvalue weighted by atomic mass is 10.2. The molecule has 0 saturated heterocycles. The van der Waals surface area contributed by atoms with E-state index in [1.54, 1.807) is 42.6 Å². The van der Waals surface area contributed by atoms with Gasteiger partial charge in [0.15, 0.2) is 0 Å². The summed E-state index contributed by atoms with van der Waals surface area (Å²) in [7, 11) is 0. The second kappa shape index (κ2) is 6.82. The molecule has 0 fully saturated rings. The van der Waals surface area contributed by atoms with E-state index in [1.165, 1.54) is 6.33 Å². The molecule has 3 aromatic rings. The zero-order chi connectivity index (χ0) is 16.1. The van der Waals surface area contributed by atoms with Crippen LogP contribution in [-0.2, 0) is 0 Å². The molecule has 5 heteroatoms. The van der Waals surface area contributed by atoms with Crippen LogP contribution in [0, 0.1) is 11.8 Å². The predicted molar refractivity (Wildman–Crippen MR) is 90.9 cm³/mol. The SMILES string of the molecule is Oc1ccc(Nc2ncncc2C#Cc2ccc(Cl)cc2)cc1. The van der Waals surface area contributed by atoms with E-state index in [2.05, 4.69) is 27.1 Å². The first-order chi connectivity index (χ1) is 11.2. The molecular weight excluding hydrogens is 310 g/mol. The number of nitrogens with one attached hydrogen (secondary N) is 1. The fraction of sp³-hybridized carbons (Fsp3) is 0. The second-order valence-corrected chi connectivity index (χ2v) is 5.15. The van der Waals surface area contributed by atoms with Crippen molar-refractivity contribution in [2.45, 2.75) is 0 Å². The van der Waals surface area contributed by atoms with E-state index in [1.807, 2.05) is 12.1 Å². The van der Waals surface area contributed by atoms with Gasteiger partial charge in [0.05, 0.1) is 5.56 Å². The highest BCUT2D eigenvalue weighted by Crippen LogP contribution is 2.19. The predicted octanol–water partition coefficient (Wildman–Crippen LogP) is 3.98. The Balaban J connectivity index is 1.86. The van der Waals surface area contributed by atoms with Gasteiger partial charge < -0.3 is 10.4 Å². The number of halogens is 1. The summed E-state index contributed by atoms with van der Waals surface area (Å²) in [6, 6.07) is 14.0. The molecule has 0 atom stereocenters. The summed E-state index contributed by atoms with van der Waals surface area (Å²) in [5.74, 6) is 6.92. The van der Waals surface area contributed by atoms with E-state index < -0.39 is 0 Å². The van der Waals surface area contributed by atoms with Gasteiger partial charge in [-0.1, -0.05) is 23.4 Å². The number of anilines is 2. The Hall–Kier alpha value is -3.03. The van der Waals surface area contributed by atoms with Crippen molar-refractivity contribution >= 4 is 23.1 Å². The molecule has 0 amide bonds. The van der Waals surface area contributed by atoms with Gasteiger partial charge in [-0.3, -0.25) is 0 Å². The Kier molecular flexibility index (Phi) is 4.41. The van der Waals surface area contributed by atoms with Crippen LogP contribution in [-0.4, -0.2) is 15.1 Å². The van der Waals surface area contributed by atoms with Crippen LogP contribution in [0.5, 0.6) is 5.75 Å². The molecule has 1 aromatic heterocycles. The molecule has 0 spiro atoms. The third-order valence-electron chi connectivity index (χ3n) is 3.03. The average Bonchev–Trinajstić information content (AvgIpc) is 2.58. The van der Waals surface area contributed by atoms with Gasteiger partial charge in [-0.05, 0) is 48.5 Å². The molecule has 3 rings (SSSR count). The van der Waals surface area contributed by atoms with E-state index in [0.29, 0.717) is 16.4 Å². The Morgan fingerprint density at radius 1 is 0.957 bits per heavy atom. The average molecular weight is 322 g/mol. The van der Waals surface area contributed by atoms with E-state index in [4.69, 9.17) is 11.6 Å². The number of nitrogens with zero attached hydrogens (tertiary/aromatic N) is 2. The Morgan fingerprint density at radius 2 is 1.70 bits per heavy atom. The van der Waals surface area contributed by atoms with E-state index in [-0.39, 0.29) is 5.75 Å². The van der Waals surface area contributed by atoms with Crippen LogP contribution >= 0.6 is 11.6 Å². The maximum atomic E-state index is 9.32. The van der Waals surface area contributed by atoms with Gasteiger partial charge in [0.1, 0.15) is 17.9 Å². The lowest BCUT2D eigenvalue weighted by Gasteiger charge is -2.06. The summed E-state index contributed by atoms with van der Waals surface area (Å²) >= 11 is 5.86. The number of phenols is 1. The minimum absolute atomic E-state index is 0.209. The van der Waals surface area contributed by atoms with Crippen molar-refractivity contribution in [1.29, 1.82) is 0 Å². The largest absolute Gasteiger partial charge is 0.508 e. The number of benzene rings is 2. The van der Waals surface area contributed by atoms with Crippen LogP contribution < -0.4 is 5.32 Å². The van der Waals surface area contributed by atoms with Crippen molar-refractivity contribution < 1.29 is 5.11 Å². The third kappa shape index (κ3) is 4.00. The molecule has 0 saturated carbocycles. The summed E-state index contributed by atoms with van der Waals surface area (Å²) in [5, 5.41) is 13.2. The zero-order valence-electron chi connectivity index (χ0n) is 12.0. The number of hydrogen-bond donors (Lipinski definition) is 2. The van der Waals surface area contributed by atoms with Crippen molar-refractivity contribution in [3.8, 4) is 17.6 Å². The molecule has 2 N–H and O–H groups in total. The molecule has 4 nitrogen and oxygen atoms in total. The summed E-state index contributed by atoms with van der Waals surface area (Å²) in [4.78, 5) is 8.23. The zero-order valence-corrected chi connectivity index (χ0v) is 12.7. The van der Waals surface area contributed by atoms with E-state index in [0.717, 1.165) is 11.3 Å². The monoisotopic (exact) mass is 321 g/mol. The van der Waals surface area contributed by atoms with Crippen LogP contribution in [0.15, 0.2) is 61.1 Å². The summed E-state index contributed by atoms with van der Waals surface area (Å²) < 4.78 is 0. The normalized spacial score (nSPS) is 9.78. The van der Waals surface area contributed by atoms with Gasteiger partial charge in [0.2, 0.25) is 0 Å². The first-order valence-corrected chi connectivity index (χ1v) is 7.22. The molecule has 0 aliphatic carbocycles. The molecule has 0 aliphatic heterocycles. The number of phenolic OH excluding ortho intramolecular Hbond substituents is 1. The number of rotatable bonds is 2. The summed E-state index contributed by atoms with van der Waals surface area (Å²) in [6.45, 7) is 0. The minimum Gasteiger partial charge on any atom is -0.508 e. The molecule has 0 radical (unpaired) electrons. The minimum atomic E-state index is 0.209. The number of aromatic hydroxyl groups is 1. The Labute approximate surface area is 138 Å². The van der Waals surface area contributed by atoms with Gasteiger partial charge >= 0.3 is 0 Å². The highest BCUT2D eigenvalue weighted by Gasteiger charge is 2.02. The van der Waals surface area contributed by atoms with E-state index in [9.17, 15) is 5.11 Å². The van der Waals surface area contributed by atoms with Crippen molar-refractivity contribution in [3.63, 3.8) is 0 Å². The van der Waals surface area contributed by atoms with Gasteiger partial charge in [0, 0.05) is 22.5 Å². The summed E-state index contributed by atoms with van der Waals surface area (Å²) in [6.07, 6.45) is 3.11. The standard InChI is InChI=1S/C18H12ClN3O/c19-15-5-2-13(3-6-15)1-4-14-11-20-12-21-18(14)22-16-7-9-17(23)10-8-16/h2-3,5-12,23H,(H,20,21,22). The molecule has 0 aliphatic rings. The molecule has 2 aromatic carbocycles.